The summed E-state index contributed by atoms with van der Waals surface area (Å²) in [6.45, 7) is 13.6. The molecule has 4 rings (SSSR count). The number of piperazine rings is 1. The summed E-state index contributed by atoms with van der Waals surface area (Å²) in [7, 11) is 0. The van der Waals surface area contributed by atoms with Gasteiger partial charge in [-0.25, -0.2) is 9.78 Å². The van der Waals surface area contributed by atoms with Crippen molar-refractivity contribution in [2.45, 2.75) is 52.2 Å². The van der Waals surface area contributed by atoms with Crippen LogP contribution in [0.5, 0.6) is 0 Å². The summed E-state index contributed by atoms with van der Waals surface area (Å²) in [5.74, 6) is 0.506. The van der Waals surface area contributed by atoms with E-state index in [4.69, 9.17) is 0 Å². The van der Waals surface area contributed by atoms with Crippen molar-refractivity contribution < 1.29 is 4.79 Å². The third-order valence-electron chi connectivity index (χ3n) is 6.80. The van der Waals surface area contributed by atoms with Crippen molar-refractivity contribution >= 4 is 23.0 Å². The fourth-order valence-corrected chi connectivity index (χ4v) is 4.81. The molecule has 1 fully saturated rings. The van der Waals surface area contributed by atoms with E-state index >= 15 is 0 Å². The van der Waals surface area contributed by atoms with E-state index in [-0.39, 0.29) is 17.6 Å². The molecular weight excluding hydrogens is 442 g/mol. The Hall–Kier alpha value is -3.46. The number of amides is 1. The minimum Gasteiger partial charge on any atom is -0.348 e. The second kappa shape index (κ2) is 10.9. The number of imidazole rings is 1. The van der Waals surface area contributed by atoms with Gasteiger partial charge < -0.3 is 15.2 Å². The lowest BCUT2D eigenvalue weighted by molar-refractivity contribution is -0.128. The highest BCUT2D eigenvalue weighted by Gasteiger charge is 2.26. The summed E-state index contributed by atoms with van der Waals surface area (Å²) >= 11 is 0. The number of rotatable bonds is 9. The Labute approximate surface area is 205 Å². The van der Waals surface area contributed by atoms with Gasteiger partial charge in [0.1, 0.15) is 5.52 Å². The molecule has 3 aromatic rings. The van der Waals surface area contributed by atoms with Crippen LogP contribution in [0.15, 0.2) is 47.9 Å². The Bertz CT molecular complexity index is 1220. The van der Waals surface area contributed by atoms with E-state index in [9.17, 15) is 9.59 Å². The second-order valence-corrected chi connectivity index (χ2v) is 9.01. The quantitative estimate of drug-likeness (QED) is 0.458. The molecule has 186 valence electrons. The van der Waals surface area contributed by atoms with Gasteiger partial charge in [-0.15, -0.1) is 0 Å². The zero-order valence-corrected chi connectivity index (χ0v) is 20.8. The molecule has 35 heavy (non-hydrogen) atoms. The summed E-state index contributed by atoms with van der Waals surface area (Å²) in [6, 6.07) is 9.07. The molecule has 1 unspecified atom stereocenters. The smallest absolute Gasteiger partial charge is 0.327 e. The van der Waals surface area contributed by atoms with E-state index in [2.05, 4.69) is 69.9 Å². The number of nitrogens with zero attached hydrogens (tertiary/aromatic N) is 5. The molecule has 0 spiro atoms. The monoisotopic (exact) mass is 477 g/mol. The fraction of sp³-hybridized carbons (Fsp3) is 0.462. The molecule has 9 nitrogen and oxygen atoms in total. The zero-order valence-electron chi connectivity index (χ0n) is 20.8. The maximum absolute atomic E-state index is 12.0. The standard InChI is InChI=1S/C26H35N7O2/c1-5-8-22(31-13-15-32(16-14-31)23(34)6-2)20-11-9-19(10-12-20)18(4)28-25-27-17-21-24(30-25)33(7-3)26(35)29-21/h6,9-12,17-18,22H,2,5,7-8,13-16H2,1,3-4H3,(H,29,35)(H,27,28,30)/t18-,22?/m0/s1. The lowest BCUT2D eigenvalue weighted by atomic mass is 9.97. The molecule has 2 N–H and O–H groups in total. The molecule has 1 amide bonds. The van der Waals surface area contributed by atoms with Gasteiger partial charge >= 0.3 is 5.69 Å². The van der Waals surface area contributed by atoms with Crippen LogP contribution in [0.2, 0.25) is 0 Å². The van der Waals surface area contributed by atoms with Crippen LogP contribution in [-0.2, 0) is 11.3 Å². The van der Waals surface area contributed by atoms with Gasteiger partial charge in [0.05, 0.1) is 12.2 Å². The average molecular weight is 478 g/mol. The van der Waals surface area contributed by atoms with E-state index in [1.54, 1.807) is 10.8 Å². The first-order valence-electron chi connectivity index (χ1n) is 12.4. The van der Waals surface area contributed by atoms with Crippen LogP contribution in [0.25, 0.3) is 11.2 Å². The maximum atomic E-state index is 12.0. The molecule has 1 saturated heterocycles. The average Bonchev–Trinajstić information content (AvgIpc) is 3.21. The van der Waals surface area contributed by atoms with Gasteiger partial charge in [-0.05, 0) is 37.5 Å². The first-order chi connectivity index (χ1) is 16.9. The van der Waals surface area contributed by atoms with Gasteiger partial charge in [0.15, 0.2) is 5.65 Å². The molecule has 3 heterocycles. The van der Waals surface area contributed by atoms with E-state index in [1.165, 1.54) is 11.6 Å². The van der Waals surface area contributed by atoms with Crippen LogP contribution in [0.1, 0.15) is 56.8 Å². The molecule has 2 atom stereocenters. The second-order valence-electron chi connectivity index (χ2n) is 9.01. The number of anilines is 1. The molecule has 0 saturated carbocycles. The third-order valence-corrected chi connectivity index (χ3v) is 6.80. The topological polar surface area (TPSA) is 99.2 Å². The minimum absolute atomic E-state index is 0.000302. The number of benzene rings is 1. The number of H-pyrrole nitrogens is 1. The van der Waals surface area contributed by atoms with E-state index in [0.29, 0.717) is 29.7 Å². The number of hydrogen-bond acceptors (Lipinski definition) is 6. The van der Waals surface area contributed by atoms with Crippen LogP contribution in [0.3, 0.4) is 0 Å². The number of carbonyl (C=O) groups excluding carboxylic acids is 1. The highest BCUT2D eigenvalue weighted by molar-refractivity contribution is 5.87. The maximum Gasteiger partial charge on any atom is 0.327 e. The molecule has 0 aliphatic carbocycles. The van der Waals surface area contributed by atoms with Gasteiger partial charge in [0.25, 0.3) is 0 Å². The number of aryl methyl sites for hydroxylation is 1. The Morgan fingerprint density at radius 1 is 1.17 bits per heavy atom. The van der Waals surface area contributed by atoms with Gasteiger partial charge in [0.2, 0.25) is 11.9 Å². The Morgan fingerprint density at radius 3 is 2.49 bits per heavy atom. The molecule has 2 aromatic heterocycles. The molecule has 0 bridgehead atoms. The molecular formula is C26H35N7O2. The summed E-state index contributed by atoms with van der Waals surface area (Å²) in [4.78, 5) is 40.0. The number of nitrogens with one attached hydrogen (secondary N) is 2. The first-order valence-corrected chi connectivity index (χ1v) is 12.4. The summed E-state index contributed by atoms with van der Waals surface area (Å²) in [5.41, 5.74) is 3.50. The zero-order chi connectivity index (χ0) is 24.9. The lowest BCUT2D eigenvalue weighted by Gasteiger charge is -2.39. The number of hydrogen-bond donors (Lipinski definition) is 2. The molecule has 1 aromatic carbocycles. The van der Waals surface area contributed by atoms with E-state index < -0.39 is 0 Å². The normalized spacial score (nSPS) is 16.3. The summed E-state index contributed by atoms with van der Waals surface area (Å²) in [6.07, 6.45) is 5.22. The third kappa shape index (κ3) is 5.30. The molecule has 1 aliphatic heterocycles. The predicted molar refractivity (Wildman–Crippen MR) is 138 cm³/mol. The van der Waals surface area contributed by atoms with Crippen molar-refractivity contribution in [3.05, 3.63) is 64.7 Å². The van der Waals surface area contributed by atoms with Crippen LogP contribution in [0, 0.1) is 0 Å². The van der Waals surface area contributed by atoms with Crippen LogP contribution < -0.4 is 11.0 Å². The molecule has 9 heteroatoms. The predicted octanol–water partition coefficient (Wildman–Crippen LogP) is 3.48. The van der Waals surface area contributed by atoms with Gasteiger partial charge in [-0.1, -0.05) is 44.2 Å². The summed E-state index contributed by atoms with van der Waals surface area (Å²) in [5, 5.41) is 3.36. The van der Waals surface area contributed by atoms with Crippen LogP contribution in [-0.4, -0.2) is 61.4 Å². The van der Waals surface area contributed by atoms with E-state index in [0.717, 1.165) is 44.6 Å². The van der Waals surface area contributed by atoms with Crippen molar-refractivity contribution in [2.24, 2.45) is 0 Å². The Morgan fingerprint density at radius 2 is 1.86 bits per heavy atom. The highest BCUT2D eigenvalue weighted by Crippen LogP contribution is 2.28. The fourth-order valence-electron chi connectivity index (χ4n) is 4.81. The van der Waals surface area contributed by atoms with Crippen LogP contribution in [0.4, 0.5) is 5.95 Å². The van der Waals surface area contributed by atoms with Crippen molar-refractivity contribution in [1.29, 1.82) is 0 Å². The summed E-state index contributed by atoms with van der Waals surface area (Å²) < 4.78 is 1.60. The van der Waals surface area contributed by atoms with Gasteiger partial charge in [0, 0.05) is 38.8 Å². The first kappa shape index (κ1) is 24.7. The van der Waals surface area contributed by atoms with Crippen molar-refractivity contribution in [1.82, 2.24) is 29.3 Å². The van der Waals surface area contributed by atoms with Crippen molar-refractivity contribution in [3.63, 3.8) is 0 Å². The molecule has 0 radical (unpaired) electrons. The molecule has 1 aliphatic rings. The van der Waals surface area contributed by atoms with Crippen molar-refractivity contribution in [3.8, 4) is 0 Å². The number of fused-ring (bicyclic) bond motifs is 1. The largest absolute Gasteiger partial charge is 0.348 e. The number of aromatic nitrogens is 4. The minimum atomic E-state index is -0.173. The Balaban J connectivity index is 1.45. The lowest BCUT2D eigenvalue weighted by Crippen LogP contribution is -2.49. The highest BCUT2D eigenvalue weighted by atomic mass is 16.2. The van der Waals surface area contributed by atoms with Crippen LogP contribution >= 0.6 is 0 Å². The van der Waals surface area contributed by atoms with Gasteiger partial charge in [-0.2, -0.15) is 4.98 Å². The van der Waals surface area contributed by atoms with E-state index in [1.807, 2.05) is 11.8 Å². The number of carbonyl (C=O) groups is 1. The van der Waals surface area contributed by atoms with Gasteiger partial charge in [-0.3, -0.25) is 14.3 Å². The Kier molecular flexibility index (Phi) is 7.65. The SMILES string of the molecule is C=CC(=O)N1CCN(C(CCC)c2ccc([C@H](C)Nc3ncc4[nH]c(=O)n(CC)c4n3)cc2)CC1. The number of aromatic amines is 1. The van der Waals surface area contributed by atoms with Crippen molar-refractivity contribution in [2.75, 3.05) is 31.5 Å².